The van der Waals surface area contributed by atoms with Crippen molar-refractivity contribution in [2.75, 3.05) is 0 Å². The Morgan fingerprint density at radius 2 is 2.00 bits per heavy atom. The molecule has 2 nitrogen and oxygen atoms in total. The predicted octanol–water partition coefficient (Wildman–Crippen LogP) is 3.36. The number of hydrogen-bond donors (Lipinski definition) is 0. The molecule has 0 saturated heterocycles. The SMILES string of the molecule is [CH2-]CCC1([CH2-])CC(I)(OC(C)=O)C1.[CH3-].[Mn+3]. The second-order valence-electron chi connectivity index (χ2n) is 3.93. The molecule has 0 aliphatic heterocycles. The first-order chi connectivity index (χ1) is 5.89. The Morgan fingerprint density at radius 1 is 1.53 bits per heavy atom. The Morgan fingerprint density at radius 3 is 2.33 bits per heavy atom. The van der Waals surface area contributed by atoms with Crippen molar-refractivity contribution in [3.05, 3.63) is 21.3 Å². The van der Waals surface area contributed by atoms with Crippen LogP contribution in [0, 0.1) is 26.7 Å². The molecule has 1 aliphatic rings. The van der Waals surface area contributed by atoms with Crippen LogP contribution in [0.4, 0.5) is 0 Å². The monoisotopic (exact) mass is 364 g/mol. The molecule has 0 bridgehead atoms. The van der Waals surface area contributed by atoms with Crippen LogP contribution < -0.4 is 0 Å². The summed E-state index contributed by atoms with van der Waals surface area (Å²) in [7, 11) is 0. The topological polar surface area (TPSA) is 26.3 Å². The quantitative estimate of drug-likeness (QED) is 0.252. The van der Waals surface area contributed by atoms with Gasteiger partial charge in [0.1, 0.15) is 0 Å². The van der Waals surface area contributed by atoms with Crippen molar-refractivity contribution < 1.29 is 26.6 Å². The summed E-state index contributed by atoms with van der Waals surface area (Å²) >= 11 is 2.20. The molecule has 0 spiro atoms. The summed E-state index contributed by atoms with van der Waals surface area (Å²) in [6.07, 6.45) is 3.63. The maximum atomic E-state index is 10.8. The minimum absolute atomic E-state index is 0. The maximum Gasteiger partial charge on any atom is 3.00 e. The zero-order valence-corrected chi connectivity index (χ0v) is 12.7. The van der Waals surface area contributed by atoms with Crippen LogP contribution in [0.3, 0.4) is 0 Å². The van der Waals surface area contributed by atoms with Crippen LogP contribution in [0.5, 0.6) is 0 Å². The second kappa shape index (κ2) is 6.45. The van der Waals surface area contributed by atoms with Gasteiger partial charge in [-0.3, -0.25) is 4.79 Å². The van der Waals surface area contributed by atoms with E-state index in [0.29, 0.717) is 0 Å². The first-order valence-corrected chi connectivity index (χ1v) is 5.50. The van der Waals surface area contributed by atoms with Crippen LogP contribution in [0.2, 0.25) is 0 Å². The standard InChI is InChI=1S/C10H15IO2.CH3.Mn/c1-4-5-9(3)6-10(11,7-9)13-8(2)12;;/h1,3-7H2,2H3;1H3;/q-2;-1;+3. The largest absolute Gasteiger partial charge is 3.00 e. The number of carbonyl (C=O) groups excluding carboxylic acids is 1. The van der Waals surface area contributed by atoms with Crippen molar-refractivity contribution in [3.8, 4) is 0 Å². The molecule has 88 valence electrons. The van der Waals surface area contributed by atoms with Gasteiger partial charge in [-0.15, -0.1) is 6.42 Å². The molecular weight excluding hydrogens is 346 g/mol. The Balaban J connectivity index is 0. The zero-order valence-electron chi connectivity index (χ0n) is 9.32. The average Bonchev–Trinajstić information content (AvgIpc) is 1.80. The van der Waals surface area contributed by atoms with E-state index in [1.165, 1.54) is 6.92 Å². The Labute approximate surface area is 118 Å². The molecule has 0 aromatic heterocycles. The molecule has 4 heteroatoms. The van der Waals surface area contributed by atoms with Crippen molar-refractivity contribution in [1.82, 2.24) is 0 Å². The van der Waals surface area contributed by atoms with E-state index in [1.807, 2.05) is 0 Å². The molecule has 0 radical (unpaired) electrons. The molecule has 1 saturated carbocycles. The smallest absolute Gasteiger partial charge is 0.449 e. The van der Waals surface area contributed by atoms with Gasteiger partial charge >= 0.3 is 23.0 Å². The summed E-state index contributed by atoms with van der Waals surface area (Å²) in [6, 6.07) is 0. The van der Waals surface area contributed by atoms with Crippen LogP contribution in [-0.2, 0) is 26.6 Å². The minimum Gasteiger partial charge on any atom is -0.449 e. The van der Waals surface area contributed by atoms with Crippen LogP contribution >= 0.6 is 22.6 Å². The summed E-state index contributed by atoms with van der Waals surface area (Å²) in [5.74, 6) is -0.203. The van der Waals surface area contributed by atoms with Gasteiger partial charge in [0, 0.05) is 6.92 Å². The van der Waals surface area contributed by atoms with Crippen LogP contribution in [0.25, 0.3) is 0 Å². The fraction of sp³-hybridized carbons (Fsp3) is 0.636. The van der Waals surface area contributed by atoms with E-state index < -0.39 is 0 Å². The first kappa shape index (κ1) is 18.1. The van der Waals surface area contributed by atoms with Crippen LogP contribution in [-0.4, -0.2) is 9.58 Å². The third-order valence-electron chi connectivity index (χ3n) is 2.31. The molecule has 1 aliphatic carbocycles. The van der Waals surface area contributed by atoms with E-state index in [2.05, 4.69) is 36.4 Å². The van der Waals surface area contributed by atoms with Gasteiger partial charge in [-0.1, -0.05) is 0 Å². The molecule has 1 fully saturated rings. The van der Waals surface area contributed by atoms with Gasteiger partial charge in [-0.2, -0.15) is 11.8 Å². The third-order valence-corrected chi connectivity index (χ3v) is 3.29. The number of hydrogen-bond acceptors (Lipinski definition) is 2. The van der Waals surface area contributed by atoms with Gasteiger partial charge in [-0.25, -0.2) is 0 Å². The zero-order chi connectivity index (χ0) is 10.1. The normalized spacial score (nSPS) is 33.1. The fourth-order valence-electron chi connectivity index (χ4n) is 1.95. The molecule has 0 N–H and O–H groups in total. The van der Waals surface area contributed by atoms with Crippen LogP contribution in [0.15, 0.2) is 0 Å². The molecule has 0 aromatic rings. The second-order valence-corrected chi connectivity index (χ2v) is 5.90. The van der Waals surface area contributed by atoms with Gasteiger partial charge in [-0.05, 0) is 35.4 Å². The van der Waals surface area contributed by atoms with E-state index in [0.717, 1.165) is 25.7 Å². The predicted molar refractivity (Wildman–Crippen MR) is 66.5 cm³/mol. The summed E-state index contributed by atoms with van der Waals surface area (Å²) < 4.78 is 4.91. The van der Waals surface area contributed by atoms with Crippen LogP contribution in [0.1, 0.15) is 32.6 Å². The molecule has 0 atom stereocenters. The van der Waals surface area contributed by atoms with Crippen molar-refractivity contribution in [2.45, 2.75) is 36.2 Å². The summed E-state index contributed by atoms with van der Waals surface area (Å²) in [5, 5.41) is 0. The van der Waals surface area contributed by atoms with E-state index in [-0.39, 0.29) is 39.5 Å². The Kier molecular flexibility index (Phi) is 7.79. The number of carbonyl (C=O) groups is 1. The van der Waals surface area contributed by atoms with E-state index >= 15 is 0 Å². The summed E-state index contributed by atoms with van der Waals surface area (Å²) in [4.78, 5) is 10.8. The van der Waals surface area contributed by atoms with Gasteiger partial charge in [0.25, 0.3) is 0 Å². The molecule has 1 rings (SSSR count). The Hall–Kier alpha value is 0.719. The molecule has 0 unspecified atom stereocenters. The number of alkyl halides is 1. The number of rotatable bonds is 3. The van der Waals surface area contributed by atoms with Gasteiger partial charge in [0.05, 0.1) is 0 Å². The molecule has 15 heavy (non-hydrogen) atoms. The van der Waals surface area contributed by atoms with Gasteiger partial charge in [0.2, 0.25) is 0 Å². The maximum absolute atomic E-state index is 10.8. The van der Waals surface area contributed by atoms with Gasteiger partial charge in [0.15, 0.2) is 3.61 Å². The third kappa shape index (κ3) is 5.05. The molecule has 0 amide bonds. The minimum atomic E-state index is -0.291. The molecule has 0 heterocycles. The first-order valence-electron chi connectivity index (χ1n) is 4.42. The van der Waals surface area contributed by atoms with Crippen molar-refractivity contribution >= 4 is 28.6 Å². The van der Waals surface area contributed by atoms with E-state index in [9.17, 15) is 4.79 Å². The van der Waals surface area contributed by atoms with E-state index in [4.69, 9.17) is 4.74 Å². The number of esters is 1. The average molecular weight is 364 g/mol. The van der Waals surface area contributed by atoms with Crippen molar-refractivity contribution in [1.29, 1.82) is 0 Å². The van der Waals surface area contributed by atoms with Crippen molar-refractivity contribution in [2.24, 2.45) is 5.41 Å². The van der Waals surface area contributed by atoms with Crippen molar-refractivity contribution in [3.63, 3.8) is 0 Å². The Bertz CT molecular complexity index is 213. The van der Waals surface area contributed by atoms with E-state index in [1.54, 1.807) is 0 Å². The summed E-state index contributed by atoms with van der Waals surface area (Å²) in [5.41, 5.74) is 0.0956. The molecule has 0 aromatic carbocycles. The molecular formula is C11H18IMnO2. The number of ether oxygens (including phenoxy) is 1. The van der Waals surface area contributed by atoms with Gasteiger partial charge < -0.3 is 26.0 Å². The fourth-order valence-corrected chi connectivity index (χ4v) is 3.88. The number of halogens is 1. The summed E-state index contributed by atoms with van der Waals surface area (Å²) in [6.45, 7) is 9.39.